The molecule has 3 rings (SSSR count). The molecule has 4 nitrogen and oxygen atoms in total. The Balaban J connectivity index is 1.82. The topological polar surface area (TPSA) is 58.2 Å². The lowest BCUT2D eigenvalue weighted by Crippen LogP contribution is -2.28. The molecule has 0 radical (unpaired) electrons. The minimum Gasteiger partial charge on any atom is -0.312 e. The molecule has 122 valence electrons. The number of fused-ring (bicyclic) bond motifs is 1. The van der Waals surface area contributed by atoms with Crippen LogP contribution in [-0.4, -0.2) is 15.0 Å². The van der Waals surface area contributed by atoms with Crippen molar-refractivity contribution < 1.29 is 12.8 Å². The lowest BCUT2D eigenvalue weighted by molar-refractivity contribution is 0.565. The van der Waals surface area contributed by atoms with Gasteiger partial charge in [-0.3, -0.25) is 0 Å². The number of nitrogens with one attached hydrogen (secondary N) is 2. The van der Waals surface area contributed by atoms with Crippen LogP contribution in [0, 0.1) is 5.82 Å². The van der Waals surface area contributed by atoms with Crippen LogP contribution in [0.5, 0.6) is 0 Å². The molecule has 1 unspecified atom stereocenters. The minimum atomic E-state index is -3.62. The molecule has 1 atom stereocenters. The van der Waals surface area contributed by atoms with Gasteiger partial charge in [-0.2, -0.15) is 0 Å². The molecule has 1 aliphatic rings. The summed E-state index contributed by atoms with van der Waals surface area (Å²) in [5, 5.41) is 3.24. The normalized spacial score (nSPS) is 15.9. The molecule has 0 amide bonds. The van der Waals surface area contributed by atoms with Crippen molar-refractivity contribution in [1.29, 1.82) is 0 Å². The predicted molar refractivity (Wildman–Crippen MR) is 87.0 cm³/mol. The number of halogens is 1. The Morgan fingerprint density at radius 3 is 2.61 bits per heavy atom. The van der Waals surface area contributed by atoms with E-state index in [0.29, 0.717) is 6.54 Å². The van der Waals surface area contributed by atoms with Gasteiger partial charge in [0.2, 0.25) is 10.0 Å². The second-order valence-electron chi connectivity index (χ2n) is 5.75. The first-order chi connectivity index (χ1) is 11.0. The van der Waals surface area contributed by atoms with Crippen molar-refractivity contribution in [3.8, 4) is 0 Å². The fourth-order valence-electron chi connectivity index (χ4n) is 2.74. The highest BCUT2D eigenvalue weighted by molar-refractivity contribution is 7.89. The monoisotopic (exact) mass is 334 g/mol. The van der Waals surface area contributed by atoms with E-state index in [9.17, 15) is 12.8 Å². The Bertz CT molecular complexity index is 804. The van der Waals surface area contributed by atoms with Gasteiger partial charge >= 0.3 is 0 Å². The first kappa shape index (κ1) is 16.1. The summed E-state index contributed by atoms with van der Waals surface area (Å²) in [6.45, 7) is 3.34. The van der Waals surface area contributed by atoms with Crippen LogP contribution in [0.3, 0.4) is 0 Å². The van der Waals surface area contributed by atoms with Gasteiger partial charge in [0, 0.05) is 12.6 Å². The first-order valence-electron chi connectivity index (χ1n) is 7.56. The van der Waals surface area contributed by atoms with E-state index in [1.807, 2.05) is 6.07 Å². The molecular formula is C17H19FN2O2S. The molecule has 0 spiro atoms. The second kappa shape index (κ2) is 6.39. The summed E-state index contributed by atoms with van der Waals surface area (Å²) in [6.07, 6.45) is 0.912. The van der Waals surface area contributed by atoms with E-state index >= 15 is 0 Å². The van der Waals surface area contributed by atoms with E-state index in [0.717, 1.165) is 24.1 Å². The maximum absolute atomic E-state index is 13.0. The van der Waals surface area contributed by atoms with Crippen molar-refractivity contribution in [3.05, 3.63) is 65.0 Å². The largest absolute Gasteiger partial charge is 0.312 e. The molecule has 0 bridgehead atoms. The Morgan fingerprint density at radius 2 is 1.87 bits per heavy atom. The third-order valence-electron chi connectivity index (χ3n) is 4.08. The summed E-state index contributed by atoms with van der Waals surface area (Å²) >= 11 is 0. The summed E-state index contributed by atoms with van der Waals surface area (Å²) in [4.78, 5) is 0.258. The van der Waals surface area contributed by atoms with Gasteiger partial charge in [-0.05, 0) is 60.8 Å². The second-order valence-corrected chi connectivity index (χ2v) is 7.47. The zero-order valence-corrected chi connectivity index (χ0v) is 13.7. The van der Waals surface area contributed by atoms with E-state index in [1.165, 1.54) is 17.7 Å². The first-order valence-corrected chi connectivity index (χ1v) is 9.04. The lowest BCUT2D eigenvalue weighted by Gasteiger charge is -2.19. The molecule has 0 fully saturated rings. The SMILES string of the molecule is CC(NS(=O)(=O)c1ccc2c(c1)CNCC2)c1ccc(F)cc1. The van der Waals surface area contributed by atoms with Crippen LogP contribution in [0.25, 0.3) is 0 Å². The Kier molecular flexibility index (Phi) is 4.48. The quantitative estimate of drug-likeness (QED) is 0.903. The molecule has 6 heteroatoms. The van der Waals surface area contributed by atoms with Gasteiger partial charge in [-0.1, -0.05) is 18.2 Å². The molecule has 0 aliphatic carbocycles. The molecule has 1 heterocycles. The highest BCUT2D eigenvalue weighted by Crippen LogP contribution is 2.21. The van der Waals surface area contributed by atoms with Crippen LogP contribution in [0.1, 0.15) is 29.7 Å². The van der Waals surface area contributed by atoms with Crippen LogP contribution < -0.4 is 10.0 Å². The standard InChI is InChI=1S/C17H19FN2O2S/c1-12(13-2-5-16(18)6-3-13)20-23(21,22)17-7-4-14-8-9-19-11-15(14)10-17/h2-7,10,12,19-20H,8-9,11H2,1H3. The molecule has 0 aromatic heterocycles. The zero-order chi connectivity index (χ0) is 16.4. The van der Waals surface area contributed by atoms with Crippen LogP contribution in [0.2, 0.25) is 0 Å². The van der Waals surface area contributed by atoms with Crippen molar-refractivity contribution in [2.45, 2.75) is 30.8 Å². The summed E-state index contributed by atoms with van der Waals surface area (Å²) in [5.41, 5.74) is 2.93. The van der Waals surface area contributed by atoms with Gasteiger partial charge in [0.25, 0.3) is 0 Å². The molecule has 0 saturated carbocycles. The number of hydrogen-bond acceptors (Lipinski definition) is 3. The van der Waals surface area contributed by atoms with E-state index in [2.05, 4.69) is 10.0 Å². The van der Waals surface area contributed by atoms with Gasteiger partial charge in [0.05, 0.1) is 4.90 Å². The average Bonchev–Trinajstić information content (AvgIpc) is 2.54. The maximum atomic E-state index is 13.0. The van der Waals surface area contributed by atoms with Gasteiger partial charge < -0.3 is 5.32 Å². The smallest absolute Gasteiger partial charge is 0.241 e. The van der Waals surface area contributed by atoms with Crippen LogP contribution >= 0.6 is 0 Å². The van der Waals surface area contributed by atoms with Crippen molar-refractivity contribution >= 4 is 10.0 Å². The van der Waals surface area contributed by atoms with Crippen molar-refractivity contribution in [2.75, 3.05) is 6.54 Å². The third-order valence-corrected chi connectivity index (χ3v) is 5.61. The Morgan fingerprint density at radius 1 is 1.13 bits per heavy atom. The molecule has 2 N–H and O–H groups in total. The number of benzene rings is 2. The van der Waals surface area contributed by atoms with Crippen molar-refractivity contribution in [1.82, 2.24) is 10.0 Å². The van der Waals surface area contributed by atoms with Crippen molar-refractivity contribution in [3.63, 3.8) is 0 Å². The van der Waals surface area contributed by atoms with Crippen LogP contribution in [0.15, 0.2) is 47.4 Å². The molecule has 2 aromatic carbocycles. The summed E-state index contributed by atoms with van der Waals surface area (Å²) < 4.78 is 40.7. The Hall–Kier alpha value is -1.76. The lowest BCUT2D eigenvalue weighted by atomic mass is 10.0. The van der Waals surface area contributed by atoms with Crippen LogP contribution in [-0.2, 0) is 23.0 Å². The van der Waals surface area contributed by atoms with Gasteiger partial charge in [0.1, 0.15) is 5.82 Å². The summed E-state index contributed by atoms with van der Waals surface area (Å²) in [7, 11) is -3.62. The van der Waals surface area contributed by atoms with E-state index in [-0.39, 0.29) is 10.7 Å². The highest BCUT2D eigenvalue weighted by Gasteiger charge is 2.20. The van der Waals surface area contributed by atoms with Gasteiger partial charge in [0.15, 0.2) is 0 Å². The summed E-state index contributed by atoms with van der Waals surface area (Å²) in [5.74, 6) is -0.342. The van der Waals surface area contributed by atoms with Crippen molar-refractivity contribution in [2.24, 2.45) is 0 Å². The predicted octanol–water partition coefficient (Wildman–Crippen LogP) is 2.51. The molecular weight excluding hydrogens is 315 g/mol. The maximum Gasteiger partial charge on any atom is 0.241 e. The minimum absolute atomic E-state index is 0.258. The highest BCUT2D eigenvalue weighted by atomic mass is 32.2. The zero-order valence-electron chi connectivity index (χ0n) is 12.8. The number of sulfonamides is 1. The van der Waals surface area contributed by atoms with E-state index in [1.54, 1.807) is 31.2 Å². The van der Waals surface area contributed by atoms with Crippen LogP contribution in [0.4, 0.5) is 4.39 Å². The number of hydrogen-bond donors (Lipinski definition) is 2. The van der Waals surface area contributed by atoms with E-state index in [4.69, 9.17) is 0 Å². The Labute approximate surface area is 135 Å². The number of rotatable bonds is 4. The molecule has 1 aliphatic heterocycles. The van der Waals surface area contributed by atoms with E-state index < -0.39 is 16.1 Å². The average molecular weight is 334 g/mol. The molecule has 23 heavy (non-hydrogen) atoms. The fourth-order valence-corrected chi connectivity index (χ4v) is 4.03. The molecule has 2 aromatic rings. The molecule has 0 saturated heterocycles. The van der Waals surface area contributed by atoms with Gasteiger partial charge in [-0.25, -0.2) is 17.5 Å². The summed E-state index contributed by atoms with van der Waals surface area (Å²) in [6, 6.07) is 10.6. The fraction of sp³-hybridized carbons (Fsp3) is 0.294. The third kappa shape index (κ3) is 3.60. The van der Waals surface area contributed by atoms with Gasteiger partial charge in [-0.15, -0.1) is 0 Å².